The highest BCUT2D eigenvalue weighted by Gasteiger charge is 2.03. The summed E-state index contributed by atoms with van der Waals surface area (Å²) < 4.78 is 15.0. The van der Waals surface area contributed by atoms with Crippen molar-refractivity contribution in [2.24, 2.45) is 5.73 Å². The van der Waals surface area contributed by atoms with Crippen LogP contribution in [0.15, 0.2) is 35.3 Å². The normalized spacial score (nSPS) is 10.9. The fourth-order valence-electron chi connectivity index (χ4n) is 1.74. The third kappa shape index (κ3) is 1.97. The molecule has 2 N–H and O–H groups in total. The van der Waals surface area contributed by atoms with Crippen molar-refractivity contribution < 1.29 is 4.39 Å². The van der Waals surface area contributed by atoms with Crippen molar-refractivity contribution in [3.8, 4) is 0 Å². The van der Waals surface area contributed by atoms with Gasteiger partial charge in [0.1, 0.15) is 5.82 Å². The highest BCUT2D eigenvalue weighted by molar-refractivity contribution is 5.78. The van der Waals surface area contributed by atoms with Gasteiger partial charge in [-0.2, -0.15) is 0 Å². The van der Waals surface area contributed by atoms with E-state index in [0.29, 0.717) is 24.0 Å². The van der Waals surface area contributed by atoms with Gasteiger partial charge in [0.25, 0.3) is 0 Å². The van der Waals surface area contributed by atoms with Crippen molar-refractivity contribution in [2.75, 3.05) is 6.54 Å². The van der Waals surface area contributed by atoms with Crippen LogP contribution >= 0.6 is 0 Å². The minimum atomic E-state index is -0.334. The summed E-state index contributed by atoms with van der Waals surface area (Å²) in [5, 5.41) is 0.543. The van der Waals surface area contributed by atoms with Crippen molar-refractivity contribution >= 4 is 10.9 Å². The Morgan fingerprint density at radius 1 is 1.31 bits per heavy atom. The molecular formula is C12H13FN2O. The smallest absolute Gasteiger partial charge is 0.189 e. The predicted molar refractivity (Wildman–Crippen MR) is 61.8 cm³/mol. The van der Waals surface area contributed by atoms with Gasteiger partial charge in [-0.1, -0.05) is 0 Å². The topological polar surface area (TPSA) is 48.0 Å². The summed E-state index contributed by atoms with van der Waals surface area (Å²) in [6, 6.07) is 5.70. The van der Waals surface area contributed by atoms with Gasteiger partial charge in [-0.3, -0.25) is 4.79 Å². The number of fused-ring (bicyclic) bond motifs is 1. The zero-order valence-corrected chi connectivity index (χ0v) is 8.82. The van der Waals surface area contributed by atoms with Gasteiger partial charge in [0, 0.05) is 24.2 Å². The molecule has 1 aromatic heterocycles. The summed E-state index contributed by atoms with van der Waals surface area (Å²) in [4.78, 5) is 11.6. The van der Waals surface area contributed by atoms with Gasteiger partial charge in [0.15, 0.2) is 5.43 Å². The van der Waals surface area contributed by atoms with Gasteiger partial charge < -0.3 is 10.3 Å². The summed E-state index contributed by atoms with van der Waals surface area (Å²) in [5.41, 5.74) is 5.97. The largest absolute Gasteiger partial charge is 0.347 e. The number of nitrogens with zero attached hydrogens (tertiary/aromatic N) is 1. The molecule has 3 nitrogen and oxygen atoms in total. The molecule has 84 valence electrons. The van der Waals surface area contributed by atoms with E-state index in [9.17, 15) is 9.18 Å². The minimum absolute atomic E-state index is 0.0843. The van der Waals surface area contributed by atoms with Crippen LogP contribution in [0, 0.1) is 5.82 Å². The molecular weight excluding hydrogens is 207 g/mol. The Kier molecular flexibility index (Phi) is 3.01. The third-order valence-corrected chi connectivity index (χ3v) is 2.54. The number of hydrogen-bond donors (Lipinski definition) is 1. The lowest BCUT2D eigenvalue weighted by Crippen LogP contribution is -2.11. The van der Waals surface area contributed by atoms with Crippen molar-refractivity contribution in [2.45, 2.75) is 13.0 Å². The third-order valence-electron chi connectivity index (χ3n) is 2.54. The minimum Gasteiger partial charge on any atom is -0.347 e. The molecule has 0 spiro atoms. The molecule has 2 aromatic rings. The summed E-state index contributed by atoms with van der Waals surface area (Å²) in [5.74, 6) is -0.334. The Bertz CT molecular complexity index is 562. The van der Waals surface area contributed by atoms with Gasteiger partial charge in [-0.05, 0) is 31.2 Å². The molecule has 4 heteroatoms. The number of rotatable bonds is 3. The maximum absolute atomic E-state index is 13.1. The van der Waals surface area contributed by atoms with Crippen molar-refractivity contribution in [1.29, 1.82) is 0 Å². The fourth-order valence-corrected chi connectivity index (χ4v) is 1.74. The van der Waals surface area contributed by atoms with Crippen LogP contribution in [-0.4, -0.2) is 11.1 Å². The lowest BCUT2D eigenvalue weighted by Gasteiger charge is -2.09. The number of aryl methyl sites for hydroxylation is 1. The maximum atomic E-state index is 13.1. The highest BCUT2D eigenvalue weighted by atomic mass is 19.1. The second-order valence-electron chi connectivity index (χ2n) is 3.68. The van der Waals surface area contributed by atoms with Gasteiger partial charge in [0.05, 0.1) is 5.52 Å². The SMILES string of the molecule is NCCCn1ccc(=O)c2ccc(F)cc21. The Hall–Kier alpha value is -1.68. The zero-order valence-electron chi connectivity index (χ0n) is 8.82. The highest BCUT2D eigenvalue weighted by Crippen LogP contribution is 2.12. The molecule has 0 aliphatic carbocycles. The van der Waals surface area contributed by atoms with Crippen LogP contribution in [-0.2, 0) is 6.54 Å². The number of aromatic nitrogens is 1. The molecule has 0 amide bonds. The molecule has 0 aliphatic rings. The Morgan fingerprint density at radius 3 is 2.88 bits per heavy atom. The molecule has 16 heavy (non-hydrogen) atoms. The van der Waals surface area contributed by atoms with Crippen LogP contribution in [0.5, 0.6) is 0 Å². The first-order valence-corrected chi connectivity index (χ1v) is 5.21. The van der Waals surface area contributed by atoms with E-state index < -0.39 is 0 Å². The average Bonchev–Trinajstić information content (AvgIpc) is 2.28. The molecule has 1 aromatic carbocycles. The molecule has 0 saturated carbocycles. The zero-order chi connectivity index (χ0) is 11.5. The van der Waals surface area contributed by atoms with Crippen LogP contribution in [0.1, 0.15) is 6.42 Å². The lowest BCUT2D eigenvalue weighted by molar-refractivity contribution is 0.624. The van der Waals surface area contributed by atoms with E-state index in [1.165, 1.54) is 24.3 Å². The number of pyridine rings is 1. The monoisotopic (exact) mass is 220 g/mol. The van der Waals surface area contributed by atoms with Crippen LogP contribution < -0.4 is 11.2 Å². The van der Waals surface area contributed by atoms with Gasteiger partial charge in [-0.25, -0.2) is 4.39 Å². The molecule has 0 aliphatic heterocycles. The Balaban J connectivity index is 2.61. The fraction of sp³-hybridized carbons (Fsp3) is 0.250. The number of hydrogen-bond acceptors (Lipinski definition) is 2. The molecule has 0 saturated heterocycles. The second kappa shape index (κ2) is 4.45. The van der Waals surface area contributed by atoms with Crippen LogP contribution in [0.25, 0.3) is 10.9 Å². The predicted octanol–water partition coefficient (Wildman–Crippen LogP) is 1.49. The molecule has 2 rings (SSSR count). The molecule has 0 radical (unpaired) electrons. The summed E-state index contributed by atoms with van der Waals surface area (Å²) >= 11 is 0. The molecule has 1 heterocycles. The molecule has 0 bridgehead atoms. The first-order valence-electron chi connectivity index (χ1n) is 5.21. The molecule has 0 fully saturated rings. The first kappa shape index (κ1) is 10.8. The second-order valence-corrected chi connectivity index (χ2v) is 3.68. The van der Waals surface area contributed by atoms with Crippen molar-refractivity contribution in [3.63, 3.8) is 0 Å². The quantitative estimate of drug-likeness (QED) is 0.851. The van der Waals surface area contributed by atoms with Crippen LogP contribution in [0.4, 0.5) is 4.39 Å². The van der Waals surface area contributed by atoms with E-state index in [2.05, 4.69) is 0 Å². The number of benzene rings is 1. The summed E-state index contributed by atoms with van der Waals surface area (Å²) in [6.45, 7) is 1.26. The van der Waals surface area contributed by atoms with Crippen molar-refractivity contribution in [3.05, 3.63) is 46.5 Å². The standard InChI is InChI=1S/C12H13FN2O/c13-9-2-3-10-11(8-9)15(6-1-5-14)7-4-12(10)16/h2-4,7-8H,1,5-6,14H2. The molecule has 0 atom stereocenters. The lowest BCUT2D eigenvalue weighted by atomic mass is 10.2. The van der Waals surface area contributed by atoms with Crippen molar-refractivity contribution in [1.82, 2.24) is 4.57 Å². The van der Waals surface area contributed by atoms with Crippen LogP contribution in [0.3, 0.4) is 0 Å². The van der Waals surface area contributed by atoms with Gasteiger partial charge in [-0.15, -0.1) is 0 Å². The van der Waals surface area contributed by atoms with Gasteiger partial charge in [0.2, 0.25) is 0 Å². The molecule has 0 unspecified atom stereocenters. The van der Waals surface area contributed by atoms with Gasteiger partial charge >= 0.3 is 0 Å². The number of halogens is 1. The van der Waals surface area contributed by atoms with E-state index in [1.807, 2.05) is 4.57 Å². The Labute approximate surface area is 92.3 Å². The first-order chi connectivity index (χ1) is 7.72. The van der Waals surface area contributed by atoms with Crippen LogP contribution in [0.2, 0.25) is 0 Å². The van der Waals surface area contributed by atoms with E-state index >= 15 is 0 Å². The summed E-state index contributed by atoms with van der Waals surface area (Å²) in [7, 11) is 0. The average molecular weight is 220 g/mol. The van der Waals surface area contributed by atoms with E-state index in [1.54, 1.807) is 6.20 Å². The summed E-state index contributed by atoms with van der Waals surface area (Å²) in [6.07, 6.45) is 2.48. The number of nitrogens with two attached hydrogens (primary N) is 1. The Morgan fingerprint density at radius 2 is 2.12 bits per heavy atom. The van der Waals surface area contributed by atoms with E-state index in [-0.39, 0.29) is 11.2 Å². The maximum Gasteiger partial charge on any atom is 0.189 e. The van der Waals surface area contributed by atoms with E-state index in [0.717, 1.165) is 6.42 Å². The van der Waals surface area contributed by atoms with E-state index in [4.69, 9.17) is 5.73 Å².